The molecule has 0 spiro atoms. The number of aryl methyl sites for hydroxylation is 3. The number of rotatable bonds is 3. The topological polar surface area (TPSA) is 38.0 Å². The van der Waals surface area contributed by atoms with E-state index in [1.807, 2.05) is 18.2 Å². The molecule has 0 atom stereocenters. The summed E-state index contributed by atoms with van der Waals surface area (Å²) in [5.74, 6) is 0.259. The van der Waals surface area contributed by atoms with Gasteiger partial charge in [-0.25, -0.2) is 4.68 Å². The molecule has 0 saturated heterocycles. The maximum Gasteiger partial charge on any atom is 0.217 e. The number of aromatic nitrogens is 2. The summed E-state index contributed by atoms with van der Waals surface area (Å²) >= 11 is 0. The van der Waals surface area contributed by atoms with Crippen molar-refractivity contribution >= 4 is 0 Å². The largest absolute Gasteiger partial charge is 0.493 e. The lowest BCUT2D eigenvalue weighted by Crippen LogP contribution is -1.97. The first-order valence-corrected chi connectivity index (χ1v) is 5.97. The number of benzene rings is 1. The second-order valence-electron chi connectivity index (χ2n) is 4.42. The smallest absolute Gasteiger partial charge is 0.217 e. The van der Waals surface area contributed by atoms with Crippen molar-refractivity contribution in [2.75, 3.05) is 0 Å². The maximum atomic E-state index is 10.1. The number of aromatic hydroxyl groups is 1. The molecule has 0 saturated carbocycles. The Labute approximate surface area is 102 Å². The van der Waals surface area contributed by atoms with Gasteiger partial charge >= 0.3 is 0 Å². The number of hydrogen-bond donors (Lipinski definition) is 1. The van der Waals surface area contributed by atoms with E-state index in [1.165, 1.54) is 11.1 Å². The van der Waals surface area contributed by atoms with E-state index in [9.17, 15) is 5.11 Å². The molecule has 3 nitrogen and oxygen atoms in total. The fraction of sp³-hybridized carbons (Fsp3) is 0.357. The molecule has 0 aliphatic carbocycles. The average molecular weight is 230 g/mol. The molecule has 90 valence electrons. The third-order valence-corrected chi connectivity index (χ3v) is 3.07. The summed E-state index contributed by atoms with van der Waals surface area (Å²) < 4.78 is 1.59. The molecular formula is C14H18N2O. The molecule has 0 unspecified atom stereocenters. The summed E-state index contributed by atoms with van der Waals surface area (Å²) in [7, 11) is 0. The van der Waals surface area contributed by atoms with Crippen LogP contribution in [0, 0.1) is 13.8 Å². The first kappa shape index (κ1) is 11.7. The van der Waals surface area contributed by atoms with Crippen molar-refractivity contribution in [2.45, 2.75) is 33.6 Å². The minimum absolute atomic E-state index is 0.259. The molecule has 0 bridgehead atoms. The highest BCUT2D eigenvalue weighted by molar-refractivity contribution is 5.42. The molecule has 1 heterocycles. The van der Waals surface area contributed by atoms with Crippen molar-refractivity contribution in [3.63, 3.8) is 0 Å². The Kier molecular flexibility index (Phi) is 3.18. The molecule has 0 aliphatic heterocycles. The predicted octanol–water partition coefficient (Wildman–Crippen LogP) is 3.15. The van der Waals surface area contributed by atoms with Gasteiger partial charge in [-0.3, -0.25) is 0 Å². The lowest BCUT2D eigenvalue weighted by atomic mass is 10.1. The lowest BCUT2D eigenvalue weighted by Gasteiger charge is -2.06. The van der Waals surface area contributed by atoms with E-state index in [1.54, 1.807) is 10.9 Å². The van der Waals surface area contributed by atoms with Crippen molar-refractivity contribution in [2.24, 2.45) is 0 Å². The third-order valence-electron chi connectivity index (χ3n) is 3.07. The molecule has 3 heteroatoms. The van der Waals surface area contributed by atoms with E-state index in [2.05, 4.69) is 25.9 Å². The van der Waals surface area contributed by atoms with Gasteiger partial charge in [-0.2, -0.15) is 5.10 Å². The maximum absolute atomic E-state index is 10.1. The molecule has 1 N–H and O–H groups in total. The van der Waals surface area contributed by atoms with Crippen LogP contribution < -0.4 is 0 Å². The fourth-order valence-electron chi connectivity index (χ4n) is 1.87. The van der Waals surface area contributed by atoms with Gasteiger partial charge in [0.2, 0.25) is 5.88 Å². The molecule has 17 heavy (non-hydrogen) atoms. The van der Waals surface area contributed by atoms with Gasteiger partial charge in [0, 0.05) is 5.56 Å². The van der Waals surface area contributed by atoms with E-state index < -0.39 is 0 Å². The Balaban J connectivity index is 2.42. The molecule has 0 aliphatic rings. The quantitative estimate of drug-likeness (QED) is 0.879. The van der Waals surface area contributed by atoms with Gasteiger partial charge in [-0.05, 0) is 43.5 Å². The summed E-state index contributed by atoms with van der Waals surface area (Å²) in [6, 6.07) is 6.06. The zero-order chi connectivity index (χ0) is 12.4. The molecule has 0 radical (unpaired) electrons. The van der Waals surface area contributed by atoms with Crippen molar-refractivity contribution in [1.82, 2.24) is 9.78 Å². The Morgan fingerprint density at radius 3 is 2.65 bits per heavy atom. The zero-order valence-corrected chi connectivity index (χ0v) is 10.6. The Hall–Kier alpha value is -1.77. The van der Waals surface area contributed by atoms with E-state index in [0.717, 1.165) is 24.1 Å². The molecule has 1 aromatic heterocycles. The molecule has 0 fully saturated rings. The normalized spacial score (nSPS) is 10.8. The Morgan fingerprint density at radius 1 is 1.24 bits per heavy atom. The number of nitrogens with zero attached hydrogens (tertiary/aromatic N) is 2. The lowest BCUT2D eigenvalue weighted by molar-refractivity contribution is 0.427. The van der Waals surface area contributed by atoms with Gasteiger partial charge in [0.1, 0.15) is 0 Å². The summed E-state index contributed by atoms with van der Waals surface area (Å²) in [4.78, 5) is 0. The second-order valence-corrected chi connectivity index (χ2v) is 4.42. The molecular weight excluding hydrogens is 212 g/mol. The minimum atomic E-state index is 0.259. The van der Waals surface area contributed by atoms with Gasteiger partial charge in [0.15, 0.2) is 0 Å². The first-order valence-electron chi connectivity index (χ1n) is 5.97. The Morgan fingerprint density at radius 2 is 2.00 bits per heavy atom. The van der Waals surface area contributed by atoms with Gasteiger partial charge in [-0.1, -0.05) is 19.4 Å². The van der Waals surface area contributed by atoms with Crippen LogP contribution in [-0.2, 0) is 6.42 Å². The van der Waals surface area contributed by atoms with Crippen molar-refractivity contribution in [3.05, 3.63) is 41.1 Å². The molecule has 2 rings (SSSR count). The van der Waals surface area contributed by atoms with Crippen molar-refractivity contribution in [3.8, 4) is 11.6 Å². The van der Waals surface area contributed by atoms with Crippen LogP contribution in [0.25, 0.3) is 5.69 Å². The van der Waals surface area contributed by atoms with Crippen LogP contribution in [0.15, 0.2) is 24.4 Å². The van der Waals surface area contributed by atoms with Crippen LogP contribution in [0.4, 0.5) is 0 Å². The molecule has 2 aromatic rings. The van der Waals surface area contributed by atoms with Crippen LogP contribution in [0.5, 0.6) is 5.88 Å². The van der Waals surface area contributed by atoms with Crippen LogP contribution in [0.1, 0.15) is 30.0 Å². The highest BCUT2D eigenvalue weighted by Crippen LogP contribution is 2.23. The van der Waals surface area contributed by atoms with Gasteiger partial charge in [-0.15, -0.1) is 0 Å². The van der Waals surface area contributed by atoms with E-state index in [-0.39, 0.29) is 5.88 Å². The zero-order valence-electron chi connectivity index (χ0n) is 10.6. The Bertz CT molecular complexity index is 529. The van der Waals surface area contributed by atoms with Gasteiger partial charge in [0.25, 0.3) is 0 Å². The van der Waals surface area contributed by atoms with Crippen LogP contribution in [-0.4, -0.2) is 14.9 Å². The number of hydrogen-bond acceptors (Lipinski definition) is 2. The average Bonchev–Trinajstić information content (AvgIpc) is 2.66. The minimum Gasteiger partial charge on any atom is -0.493 e. The van der Waals surface area contributed by atoms with Crippen LogP contribution >= 0.6 is 0 Å². The standard InChI is InChI=1S/C14H18N2O/c1-4-5-12-9-15-16(14(12)17)13-7-6-10(2)11(3)8-13/h6-9,17H,4-5H2,1-3H3. The van der Waals surface area contributed by atoms with E-state index >= 15 is 0 Å². The predicted molar refractivity (Wildman–Crippen MR) is 68.7 cm³/mol. The monoisotopic (exact) mass is 230 g/mol. The van der Waals surface area contributed by atoms with Crippen molar-refractivity contribution in [1.29, 1.82) is 0 Å². The van der Waals surface area contributed by atoms with Crippen molar-refractivity contribution < 1.29 is 5.11 Å². The highest BCUT2D eigenvalue weighted by Gasteiger charge is 2.10. The molecule has 1 aromatic carbocycles. The van der Waals surface area contributed by atoms with Gasteiger partial charge in [0.05, 0.1) is 11.9 Å². The van der Waals surface area contributed by atoms with Crippen LogP contribution in [0.2, 0.25) is 0 Å². The second kappa shape index (κ2) is 4.62. The van der Waals surface area contributed by atoms with E-state index in [4.69, 9.17) is 0 Å². The van der Waals surface area contributed by atoms with Gasteiger partial charge < -0.3 is 5.11 Å². The summed E-state index contributed by atoms with van der Waals surface area (Å²) in [6.07, 6.45) is 3.61. The SMILES string of the molecule is CCCc1cnn(-c2ccc(C)c(C)c2)c1O. The van der Waals surface area contributed by atoms with Crippen LogP contribution in [0.3, 0.4) is 0 Å². The van der Waals surface area contributed by atoms with E-state index in [0.29, 0.717) is 0 Å². The fourth-order valence-corrected chi connectivity index (χ4v) is 1.87. The third kappa shape index (κ3) is 2.18. The molecule has 0 amide bonds. The summed E-state index contributed by atoms with van der Waals surface area (Å²) in [6.45, 7) is 6.23. The summed E-state index contributed by atoms with van der Waals surface area (Å²) in [5, 5.41) is 14.3. The first-order chi connectivity index (χ1) is 8.13. The highest BCUT2D eigenvalue weighted by atomic mass is 16.3. The summed E-state index contributed by atoms with van der Waals surface area (Å²) in [5.41, 5.74) is 4.27.